The summed E-state index contributed by atoms with van der Waals surface area (Å²) in [5, 5.41) is 9.83. The zero-order valence-electron chi connectivity index (χ0n) is 26.7. The van der Waals surface area contributed by atoms with Crippen molar-refractivity contribution in [3.63, 3.8) is 0 Å². The third kappa shape index (κ3) is 6.59. The topological polar surface area (TPSA) is 96.6 Å². The molecule has 0 unspecified atom stereocenters. The van der Waals surface area contributed by atoms with Crippen molar-refractivity contribution >= 4 is 23.2 Å². The van der Waals surface area contributed by atoms with E-state index in [4.69, 9.17) is 9.97 Å². The zero-order valence-corrected chi connectivity index (χ0v) is 26.7. The Balaban J connectivity index is 1.33. The highest BCUT2D eigenvalue weighted by Crippen LogP contribution is 2.34. The molecule has 13 heteroatoms. The molecule has 3 aliphatic rings. The van der Waals surface area contributed by atoms with Crippen LogP contribution in [0.4, 0.5) is 25.1 Å². The Bertz CT molecular complexity index is 1720. The van der Waals surface area contributed by atoms with Gasteiger partial charge in [-0.25, -0.2) is 28.5 Å². The van der Waals surface area contributed by atoms with Crippen molar-refractivity contribution in [3.05, 3.63) is 60.4 Å². The summed E-state index contributed by atoms with van der Waals surface area (Å²) in [6.45, 7) is 7.63. The number of imidazole rings is 1. The molecule has 3 saturated heterocycles. The van der Waals surface area contributed by atoms with Crippen molar-refractivity contribution in [2.75, 3.05) is 82.3 Å². The first-order chi connectivity index (χ1) is 22.8. The maximum atomic E-state index is 17.0. The van der Waals surface area contributed by atoms with Gasteiger partial charge in [0.05, 0.1) is 6.20 Å². The third-order valence-electron chi connectivity index (χ3n) is 9.78. The summed E-state index contributed by atoms with van der Waals surface area (Å²) >= 11 is 0. The van der Waals surface area contributed by atoms with E-state index in [1.54, 1.807) is 16.7 Å². The van der Waals surface area contributed by atoms with E-state index in [0.29, 0.717) is 49.4 Å². The van der Waals surface area contributed by atoms with Crippen LogP contribution in [-0.2, 0) is 0 Å². The molecular formula is C34H41F2N9O2. The van der Waals surface area contributed by atoms with Gasteiger partial charge in [0, 0.05) is 75.8 Å². The fourth-order valence-corrected chi connectivity index (χ4v) is 7.05. The highest BCUT2D eigenvalue weighted by Gasteiger charge is 2.32. The number of likely N-dealkylation sites (N-methyl/N-ethyl adjacent to an activating group) is 1. The first-order valence-electron chi connectivity index (χ1n) is 16.6. The van der Waals surface area contributed by atoms with Gasteiger partial charge in [-0.2, -0.15) is 0 Å². The summed E-state index contributed by atoms with van der Waals surface area (Å²) < 4.78 is 33.0. The molecule has 1 aromatic carbocycles. The smallest absolute Gasteiger partial charge is 0.407 e. The monoisotopic (exact) mass is 645 g/mol. The quantitative estimate of drug-likeness (QED) is 0.297. The summed E-state index contributed by atoms with van der Waals surface area (Å²) in [6, 6.07) is 10.4. The van der Waals surface area contributed by atoms with Crippen LogP contribution >= 0.6 is 0 Å². The Morgan fingerprint density at radius 3 is 2.47 bits per heavy atom. The molecule has 0 spiro atoms. The highest BCUT2D eigenvalue weighted by atomic mass is 19.1. The van der Waals surface area contributed by atoms with Crippen LogP contribution in [0.25, 0.3) is 28.4 Å². The molecule has 7 rings (SSSR count). The predicted molar refractivity (Wildman–Crippen MR) is 177 cm³/mol. The van der Waals surface area contributed by atoms with Gasteiger partial charge in [0.1, 0.15) is 22.9 Å². The van der Waals surface area contributed by atoms with Crippen LogP contribution in [0, 0.1) is 11.6 Å². The minimum absolute atomic E-state index is 0.121. The molecule has 11 nitrogen and oxygen atoms in total. The number of hydrogen-bond acceptors (Lipinski definition) is 8. The van der Waals surface area contributed by atoms with E-state index in [0.717, 1.165) is 57.8 Å². The zero-order chi connectivity index (χ0) is 32.5. The molecule has 3 aliphatic heterocycles. The Morgan fingerprint density at radius 1 is 0.957 bits per heavy atom. The number of pyridine rings is 1. The van der Waals surface area contributed by atoms with Crippen molar-refractivity contribution in [2.45, 2.75) is 31.7 Å². The molecule has 0 bridgehead atoms. The summed E-state index contributed by atoms with van der Waals surface area (Å²) in [5.41, 5.74) is 2.76. The number of amides is 1. The normalized spacial score (nSPS) is 19.5. The number of fused-ring (bicyclic) bond motifs is 1. The van der Waals surface area contributed by atoms with Crippen LogP contribution in [-0.4, -0.2) is 124 Å². The molecule has 3 aromatic heterocycles. The molecule has 47 heavy (non-hydrogen) atoms. The molecule has 1 atom stereocenters. The third-order valence-corrected chi connectivity index (χ3v) is 9.78. The molecule has 6 heterocycles. The second-order valence-electron chi connectivity index (χ2n) is 12.9. The number of aromatic nitrogens is 4. The van der Waals surface area contributed by atoms with Crippen molar-refractivity contribution in [1.29, 1.82) is 0 Å². The first-order valence-corrected chi connectivity index (χ1v) is 16.6. The molecule has 1 N–H and O–H groups in total. The summed E-state index contributed by atoms with van der Waals surface area (Å²) in [4.78, 5) is 36.3. The summed E-state index contributed by atoms with van der Waals surface area (Å²) in [7, 11) is 2.12. The molecule has 3 fully saturated rings. The molecule has 1 amide bonds. The van der Waals surface area contributed by atoms with Crippen molar-refractivity contribution in [1.82, 2.24) is 34.1 Å². The van der Waals surface area contributed by atoms with Gasteiger partial charge < -0.3 is 29.6 Å². The van der Waals surface area contributed by atoms with E-state index >= 15 is 4.39 Å². The van der Waals surface area contributed by atoms with E-state index in [9.17, 15) is 14.3 Å². The summed E-state index contributed by atoms with van der Waals surface area (Å²) in [6.07, 6.45) is 5.55. The fourth-order valence-electron chi connectivity index (χ4n) is 7.05. The number of carboxylic acid groups (broad SMARTS) is 1. The van der Waals surface area contributed by atoms with E-state index in [2.05, 4.69) is 26.7 Å². The van der Waals surface area contributed by atoms with Gasteiger partial charge in [0.2, 0.25) is 0 Å². The lowest BCUT2D eigenvalue weighted by molar-refractivity contribution is 0.129. The number of piperidine rings is 1. The number of nitrogens with zero attached hydrogens (tertiary/aromatic N) is 9. The first kappa shape index (κ1) is 31.3. The standard InChI is InChI=1S/C34H41F2N9O2/c1-40-15-18-42(19-16-40)26-9-6-24(7-10-26)31-30(36)33(39-32(38-31)28-21-37-29-11-8-25(35)22-45(28)29)44(20-17-41-12-2-3-13-41)27-5-4-14-43(23-27)34(46)47/h6-11,21-22,27H,2-5,12-20,23H2,1H3,(H,46,47)/t27-/m1/s1. The van der Waals surface area contributed by atoms with Crippen LogP contribution in [0.15, 0.2) is 48.8 Å². The van der Waals surface area contributed by atoms with E-state index in [-0.39, 0.29) is 29.9 Å². The second kappa shape index (κ2) is 13.4. The van der Waals surface area contributed by atoms with Crippen molar-refractivity contribution in [2.24, 2.45) is 0 Å². The fraction of sp³-hybridized carbons (Fsp3) is 0.471. The van der Waals surface area contributed by atoms with Gasteiger partial charge in [-0.1, -0.05) is 12.1 Å². The van der Waals surface area contributed by atoms with E-state index in [1.807, 2.05) is 29.2 Å². The average molecular weight is 646 g/mol. The number of halogens is 2. The number of rotatable bonds is 8. The molecule has 4 aromatic rings. The lowest BCUT2D eigenvalue weighted by Gasteiger charge is -2.40. The Kier molecular flexibility index (Phi) is 8.91. The average Bonchev–Trinajstić information content (AvgIpc) is 3.76. The van der Waals surface area contributed by atoms with Crippen LogP contribution in [0.2, 0.25) is 0 Å². The van der Waals surface area contributed by atoms with Crippen LogP contribution in [0.3, 0.4) is 0 Å². The Morgan fingerprint density at radius 2 is 1.72 bits per heavy atom. The Hall–Kier alpha value is -4.36. The Labute approximate surface area is 273 Å². The minimum Gasteiger partial charge on any atom is -0.465 e. The van der Waals surface area contributed by atoms with Gasteiger partial charge in [-0.3, -0.25) is 4.40 Å². The lowest BCUT2D eigenvalue weighted by Crippen LogP contribution is -2.51. The van der Waals surface area contributed by atoms with Gasteiger partial charge in [-0.15, -0.1) is 0 Å². The van der Waals surface area contributed by atoms with Crippen LogP contribution in [0.5, 0.6) is 0 Å². The summed E-state index contributed by atoms with van der Waals surface area (Å²) in [5.74, 6) is -0.664. The second-order valence-corrected chi connectivity index (χ2v) is 12.9. The molecule has 0 aliphatic carbocycles. The van der Waals surface area contributed by atoms with Gasteiger partial charge in [0.15, 0.2) is 17.5 Å². The largest absolute Gasteiger partial charge is 0.465 e. The number of likely N-dealkylation sites (tertiary alicyclic amines) is 2. The van der Waals surface area contributed by atoms with Gasteiger partial charge in [-0.05, 0) is 70.1 Å². The molecular weight excluding hydrogens is 604 g/mol. The maximum absolute atomic E-state index is 17.0. The van der Waals surface area contributed by atoms with Gasteiger partial charge in [0.25, 0.3) is 0 Å². The molecule has 0 radical (unpaired) electrons. The van der Waals surface area contributed by atoms with Gasteiger partial charge >= 0.3 is 6.09 Å². The number of carbonyl (C=O) groups is 1. The number of benzene rings is 1. The van der Waals surface area contributed by atoms with Crippen molar-refractivity contribution < 1.29 is 18.7 Å². The predicted octanol–water partition coefficient (Wildman–Crippen LogP) is 4.53. The maximum Gasteiger partial charge on any atom is 0.407 e. The van der Waals surface area contributed by atoms with E-state index < -0.39 is 17.7 Å². The number of anilines is 2. The number of piperazine rings is 1. The van der Waals surface area contributed by atoms with Crippen LogP contribution in [0.1, 0.15) is 25.7 Å². The highest BCUT2D eigenvalue weighted by molar-refractivity contribution is 5.71. The molecule has 248 valence electrons. The van der Waals surface area contributed by atoms with Crippen molar-refractivity contribution in [3.8, 4) is 22.8 Å². The minimum atomic E-state index is -0.980. The van der Waals surface area contributed by atoms with Crippen LogP contribution < -0.4 is 9.80 Å². The lowest BCUT2D eigenvalue weighted by atomic mass is 10.0. The SMILES string of the molecule is CN1CCN(c2ccc(-c3nc(-c4cnc5ccc(F)cn45)nc(N(CCN4CCCC4)[C@@H]4CCCN(C(=O)O)C4)c3F)cc2)CC1. The molecule has 0 saturated carbocycles. The van der Waals surface area contributed by atoms with E-state index in [1.165, 1.54) is 17.2 Å². The number of hydrogen-bond donors (Lipinski definition) is 1.